The monoisotopic (exact) mass is 300 g/mol. The first-order valence-corrected chi connectivity index (χ1v) is 7.36. The first-order chi connectivity index (χ1) is 9.85. The molecule has 2 aromatic rings. The Bertz CT molecular complexity index is 732. The SMILES string of the molecule is Cc1cc(Cl)ccc1C(=O)c1ccc2c(c1)CC(C)(C)O2. The van der Waals surface area contributed by atoms with E-state index in [2.05, 4.69) is 13.8 Å². The van der Waals surface area contributed by atoms with Gasteiger partial charge < -0.3 is 4.74 Å². The van der Waals surface area contributed by atoms with Crippen molar-refractivity contribution in [3.8, 4) is 5.75 Å². The molecule has 0 aliphatic carbocycles. The van der Waals surface area contributed by atoms with Crippen LogP contribution in [-0.2, 0) is 6.42 Å². The summed E-state index contributed by atoms with van der Waals surface area (Å²) in [6.07, 6.45) is 0.822. The fraction of sp³-hybridized carbons (Fsp3) is 0.278. The van der Waals surface area contributed by atoms with Gasteiger partial charge in [0.15, 0.2) is 5.78 Å². The molecule has 3 heteroatoms. The molecule has 0 saturated carbocycles. The molecule has 0 fully saturated rings. The zero-order valence-electron chi connectivity index (χ0n) is 12.4. The predicted molar refractivity (Wildman–Crippen MR) is 84.5 cm³/mol. The first-order valence-electron chi connectivity index (χ1n) is 6.98. The summed E-state index contributed by atoms with van der Waals surface area (Å²) in [7, 11) is 0. The Morgan fingerprint density at radius 2 is 1.95 bits per heavy atom. The molecule has 0 amide bonds. The summed E-state index contributed by atoms with van der Waals surface area (Å²) < 4.78 is 5.85. The van der Waals surface area contributed by atoms with Crippen LogP contribution in [0.2, 0.25) is 5.02 Å². The van der Waals surface area contributed by atoms with Crippen LogP contribution in [0.5, 0.6) is 5.75 Å². The molecule has 2 aromatic carbocycles. The van der Waals surface area contributed by atoms with E-state index < -0.39 is 0 Å². The Morgan fingerprint density at radius 3 is 2.67 bits per heavy atom. The number of hydrogen-bond donors (Lipinski definition) is 0. The second-order valence-corrected chi connectivity index (χ2v) is 6.59. The van der Waals surface area contributed by atoms with Gasteiger partial charge >= 0.3 is 0 Å². The molecule has 1 aliphatic heterocycles. The molecule has 0 aromatic heterocycles. The van der Waals surface area contributed by atoms with Crippen LogP contribution >= 0.6 is 11.6 Å². The van der Waals surface area contributed by atoms with Crippen LogP contribution < -0.4 is 4.74 Å². The minimum absolute atomic E-state index is 0.0247. The standard InChI is InChI=1S/C18H17ClO2/c1-11-8-14(19)5-6-15(11)17(20)12-4-7-16-13(9-12)10-18(2,3)21-16/h4-9H,10H2,1-3H3. The molecule has 1 aliphatic rings. The third-order valence-corrected chi connectivity index (χ3v) is 3.99. The van der Waals surface area contributed by atoms with E-state index in [1.807, 2.05) is 31.2 Å². The third kappa shape index (κ3) is 2.68. The van der Waals surface area contributed by atoms with Gasteiger partial charge in [-0.25, -0.2) is 0 Å². The molecule has 2 nitrogen and oxygen atoms in total. The molecular formula is C18H17ClO2. The minimum atomic E-state index is -0.194. The van der Waals surface area contributed by atoms with E-state index in [1.54, 1.807) is 12.1 Å². The maximum Gasteiger partial charge on any atom is 0.193 e. The van der Waals surface area contributed by atoms with E-state index in [9.17, 15) is 4.79 Å². The van der Waals surface area contributed by atoms with Gasteiger partial charge in [-0.1, -0.05) is 11.6 Å². The highest BCUT2D eigenvalue weighted by molar-refractivity contribution is 6.30. The third-order valence-electron chi connectivity index (χ3n) is 3.76. The molecule has 0 unspecified atom stereocenters. The summed E-state index contributed by atoms with van der Waals surface area (Å²) in [6.45, 7) is 6.01. The lowest BCUT2D eigenvalue weighted by Gasteiger charge is -2.16. The van der Waals surface area contributed by atoms with Crippen molar-refractivity contribution in [2.24, 2.45) is 0 Å². The molecule has 0 atom stereocenters. The van der Waals surface area contributed by atoms with Crippen LogP contribution in [0, 0.1) is 6.92 Å². The molecule has 1 heterocycles. The topological polar surface area (TPSA) is 26.3 Å². The quantitative estimate of drug-likeness (QED) is 0.758. The maximum atomic E-state index is 12.7. The van der Waals surface area contributed by atoms with Crippen LogP contribution in [0.25, 0.3) is 0 Å². The van der Waals surface area contributed by atoms with Crippen molar-refractivity contribution in [2.75, 3.05) is 0 Å². The Morgan fingerprint density at radius 1 is 1.19 bits per heavy atom. The Hall–Kier alpha value is -1.80. The molecule has 0 N–H and O–H groups in total. The van der Waals surface area contributed by atoms with Gasteiger partial charge in [-0.05, 0) is 68.3 Å². The van der Waals surface area contributed by atoms with Crippen molar-refractivity contribution in [3.05, 3.63) is 63.7 Å². The maximum absolute atomic E-state index is 12.7. The molecule has 108 valence electrons. The number of carbonyl (C=O) groups is 1. The van der Waals surface area contributed by atoms with Gasteiger partial charge in [-0.15, -0.1) is 0 Å². The molecule has 3 rings (SSSR count). The summed E-state index contributed by atoms with van der Waals surface area (Å²) in [5.41, 5.74) is 3.18. The van der Waals surface area contributed by atoms with Gasteiger partial charge in [0.1, 0.15) is 11.4 Å². The highest BCUT2D eigenvalue weighted by Gasteiger charge is 2.30. The van der Waals surface area contributed by atoms with Gasteiger partial charge in [0.05, 0.1) is 0 Å². The number of fused-ring (bicyclic) bond motifs is 1. The van der Waals surface area contributed by atoms with E-state index in [0.29, 0.717) is 16.1 Å². The Labute approximate surface area is 129 Å². The predicted octanol–water partition coefficient (Wildman–Crippen LogP) is 4.59. The number of benzene rings is 2. The van der Waals surface area contributed by atoms with Crippen LogP contribution in [0.3, 0.4) is 0 Å². The summed E-state index contributed by atoms with van der Waals surface area (Å²) >= 11 is 5.95. The second kappa shape index (κ2) is 4.88. The number of ketones is 1. The number of hydrogen-bond acceptors (Lipinski definition) is 2. The van der Waals surface area contributed by atoms with E-state index in [1.165, 1.54) is 0 Å². The van der Waals surface area contributed by atoms with Gasteiger partial charge in [-0.2, -0.15) is 0 Å². The Balaban J connectivity index is 1.97. The molecule has 0 spiro atoms. The van der Waals surface area contributed by atoms with Gasteiger partial charge in [0.2, 0.25) is 0 Å². The van der Waals surface area contributed by atoms with Crippen LogP contribution in [0.15, 0.2) is 36.4 Å². The van der Waals surface area contributed by atoms with Crippen molar-refractivity contribution >= 4 is 17.4 Å². The number of carbonyl (C=O) groups excluding carboxylic acids is 1. The van der Waals surface area contributed by atoms with Gasteiger partial charge in [-0.3, -0.25) is 4.79 Å². The Kier molecular flexibility index (Phi) is 3.29. The zero-order chi connectivity index (χ0) is 15.2. The van der Waals surface area contributed by atoms with Crippen LogP contribution in [0.1, 0.15) is 40.9 Å². The summed E-state index contributed by atoms with van der Waals surface area (Å²) in [4.78, 5) is 12.7. The fourth-order valence-electron chi connectivity index (χ4n) is 2.79. The lowest BCUT2D eigenvalue weighted by Crippen LogP contribution is -2.24. The first kappa shape index (κ1) is 14.2. The van der Waals surface area contributed by atoms with Crippen molar-refractivity contribution in [1.29, 1.82) is 0 Å². The highest BCUT2D eigenvalue weighted by Crippen LogP contribution is 2.35. The second-order valence-electron chi connectivity index (χ2n) is 6.15. The average molecular weight is 301 g/mol. The van der Waals surface area contributed by atoms with E-state index in [4.69, 9.17) is 16.3 Å². The smallest absolute Gasteiger partial charge is 0.193 e. The zero-order valence-corrected chi connectivity index (χ0v) is 13.1. The van der Waals surface area contributed by atoms with Crippen molar-refractivity contribution in [3.63, 3.8) is 0 Å². The van der Waals surface area contributed by atoms with Gasteiger partial charge in [0, 0.05) is 22.6 Å². The minimum Gasteiger partial charge on any atom is -0.487 e. The highest BCUT2D eigenvalue weighted by atomic mass is 35.5. The van der Waals surface area contributed by atoms with E-state index in [-0.39, 0.29) is 11.4 Å². The largest absolute Gasteiger partial charge is 0.487 e. The number of rotatable bonds is 2. The van der Waals surface area contributed by atoms with Crippen molar-refractivity contribution < 1.29 is 9.53 Å². The van der Waals surface area contributed by atoms with Crippen LogP contribution in [0.4, 0.5) is 0 Å². The van der Waals surface area contributed by atoms with E-state index in [0.717, 1.165) is 23.3 Å². The number of aryl methyl sites for hydroxylation is 1. The van der Waals surface area contributed by atoms with Crippen molar-refractivity contribution in [1.82, 2.24) is 0 Å². The fourth-order valence-corrected chi connectivity index (χ4v) is 3.01. The summed E-state index contributed by atoms with van der Waals surface area (Å²) in [6, 6.07) is 11.0. The van der Waals surface area contributed by atoms with Crippen molar-refractivity contribution in [2.45, 2.75) is 32.8 Å². The molecule has 21 heavy (non-hydrogen) atoms. The van der Waals surface area contributed by atoms with Crippen LogP contribution in [-0.4, -0.2) is 11.4 Å². The average Bonchev–Trinajstić information content (AvgIpc) is 2.70. The lowest BCUT2D eigenvalue weighted by molar-refractivity contribution is 0.103. The number of halogens is 1. The molecular weight excluding hydrogens is 284 g/mol. The normalized spacial score (nSPS) is 15.4. The lowest BCUT2D eigenvalue weighted by atomic mass is 9.95. The van der Waals surface area contributed by atoms with Gasteiger partial charge in [0.25, 0.3) is 0 Å². The number of ether oxygens (including phenoxy) is 1. The van der Waals surface area contributed by atoms with E-state index >= 15 is 0 Å². The summed E-state index contributed by atoms with van der Waals surface area (Å²) in [5.74, 6) is 0.904. The molecule has 0 saturated heterocycles. The molecule has 0 bridgehead atoms. The summed E-state index contributed by atoms with van der Waals surface area (Å²) in [5, 5.41) is 0.646. The molecule has 0 radical (unpaired) electrons.